The van der Waals surface area contributed by atoms with Gasteiger partial charge in [0.2, 0.25) is 0 Å². The van der Waals surface area contributed by atoms with Gasteiger partial charge in [0.15, 0.2) is 23.0 Å². The fourth-order valence-electron chi connectivity index (χ4n) is 6.10. The fourth-order valence-corrected chi connectivity index (χ4v) is 7.61. The van der Waals surface area contributed by atoms with E-state index in [1.165, 1.54) is 24.3 Å². The van der Waals surface area contributed by atoms with E-state index >= 15 is 8.78 Å². The van der Waals surface area contributed by atoms with Gasteiger partial charge >= 0.3 is 11.9 Å². The van der Waals surface area contributed by atoms with Gasteiger partial charge in [0, 0.05) is 65.4 Å². The predicted octanol–water partition coefficient (Wildman–Crippen LogP) is 7.42. The van der Waals surface area contributed by atoms with E-state index in [-0.39, 0.29) is 48.2 Å². The normalized spacial score (nSPS) is 11.6. The van der Waals surface area contributed by atoms with Crippen molar-refractivity contribution in [1.82, 2.24) is 40.0 Å². The quantitative estimate of drug-likeness (QED) is 0.0382. The zero-order valence-corrected chi connectivity index (χ0v) is 39.7. The van der Waals surface area contributed by atoms with Crippen molar-refractivity contribution in [3.8, 4) is 28.3 Å². The first-order valence-electron chi connectivity index (χ1n) is 21.0. The largest absolute Gasteiger partial charge is 0.490 e. The van der Waals surface area contributed by atoms with E-state index in [9.17, 15) is 29.4 Å². The maximum Gasteiger partial charge on any atom is 0.337 e. The molecule has 6 rings (SSSR count). The van der Waals surface area contributed by atoms with Crippen LogP contribution in [0.4, 0.5) is 20.2 Å². The Hall–Kier alpha value is -7.09. The number of amides is 2. The molecule has 0 aliphatic carbocycles. The van der Waals surface area contributed by atoms with Crippen LogP contribution in [0.1, 0.15) is 47.3 Å². The van der Waals surface area contributed by atoms with Crippen LogP contribution in [0.3, 0.4) is 0 Å². The summed E-state index contributed by atoms with van der Waals surface area (Å²) in [6.07, 6.45) is 6.32. The number of hydrogen-bond acceptors (Lipinski definition) is 13. The Bertz CT molecular complexity index is 2560. The van der Waals surface area contributed by atoms with Crippen molar-refractivity contribution >= 4 is 51.3 Å². The average molecular weight is 957 g/mol. The number of carboxylic acid groups (broad SMARTS) is 2. The fraction of sp³-hybridized carbons (Fsp3) is 0.318. The molecule has 0 fully saturated rings. The molecule has 0 aliphatic heterocycles. The van der Waals surface area contributed by atoms with Gasteiger partial charge in [-0.1, -0.05) is 39.3 Å². The number of carbonyl (C=O) groups is 4. The summed E-state index contributed by atoms with van der Waals surface area (Å²) in [5.74, 6) is -7.31. The molecule has 6 aromatic rings. The van der Waals surface area contributed by atoms with Crippen molar-refractivity contribution in [3.05, 3.63) is 113 Å². The molecular weight excluding hydrogens is 907 g/mol. The van der Waals surface area contributed by atoms with Crippen LogP contribution in [-0.2, 0) is 29.4 Å². The topological polar surface area (TPSA) is 248 Å². The Morgan fingerprint density at radius 1 is 0.627 bits per heavy atom. The smallest absolute Gasteiger partial charge is 0.337 e. The minimum atomic E-state index is -1.55. The van der Waals surface area contributed by atoms with Gasteiger partial charge in [0.1, 0.15) is 19.3 Å². The van der Waals surface area contributed by atoms with E-state index in [1.807, 2.05) is 0 Å². The Balaban J connectivity index is 1.07. The third kappa shape index (κ3) is 14.0. The summed E-state index contributed by atoms with van der Waals surface area (Å²) in [5.41, 5.74) is -0.141. The van der Waals surface area contributed by atoms with E-state index in [2.05, 4.69) is 80.5 Å². The third-order valence-electron chi connectivity index (χ3n) is 9.94. The van der Waals surface area contributed by atoms with Gasteiger partial charge < -0.3 is 35.1 Å². The molecule has 0 spiro atoms. The number of nitrogens with one attached hydrogen (secondary N) is 2. The second kappa shape index (κ2) is 21.5. The first-order valence-corrected chi connectivity index (χ1v) is 28.4. The van der Waals surface area contributed by atoms with E-state index in [0.29, 0.717) is 41.8 Å². The lowest BCUT2D eigenvalue weighted by Crippen LogP contribution is -2.22. The highest BCUT2D eigenvalue weighted by molar-refractivity contribution is 6.76. The SMILES string of the molecule is C[Si](C)(C)CCOCn1cc(-c2ccc(C(=O)Nc3cc(CCOc4cc(NC(=O)c5ccc(-c6cnn(COCC[Si](C)(C)C)c6)nn5)c(C(=O)O)cc4F)c(F)cc3C(=O)O)nn2)cn1. The van der Waals surface area contributed by atoms with Gasteiger partial charge in [0.05, 0.1) is 52.9 Å². The van der Waals surface area contributed by atoms with Gasteiger partial charge in [-0.3, -0.25) is 9.59 Å². The first kappa shape index (κ1) is 49.3. The Morgan fingerprint density at radius 3 is 1.52 bits per heavy atom. The van der Waals surface area contributed by atoms with Crippen LogP contribution < -0.4 is 15.4 Å². The molecule has 0 aliphatic rings. The number of ether oxygens (including phenoxy) is 3. The molecule has 19 nitrogen and oxygen atoms in total. The summed E-state index contributed by atoms with van der Waals surface area (Å²) in [6, 6.07) is 11.3. The number of halogens is 2. The molecule has 23 heteroatoms. The van der Waals surface area contributed by atoms with Crippen molar-refractivity contribution in [2.75, 3.05) is 30.5 Å². The molecule has 0 bridgehead atoms. The van der Waals surface area contributed by atoms with Crippen LogP contribution in [0.2, 0.25) is 51.4 Å². The minimum Gasteiger partial charge on any atom is -0.490 e. The third-order valence-corrected chi connectivity index (χ3v) is 13.3. The second-order valence-corrected chi connectivity index (χ2v) is 29.0. The lowest BCUT2D eigenvalue weighted by molar-refractivity contribution is 0.0686. The number of benzene rings is 2. The number of nitrogens with zero attached hydrogens (tertiary/aromatic N) is 8. The highest BCUT2D eigenvalue weighted by atomic mass is 28.3. The zero-order chi connectivity index (χ0) is 48.5. The summed E-state index contributed by atoms with van der Waals surface area (Å²) in [6.45, 7) is 14.9. The molecule has 0 radical (unpaired) electrons. The standard InChI is InChI=1S/C44H50F2N10O9Si2/c1-66(2,3)15-13-63-25-55-23-28(21-47-55)34-7-9-36(53-51-34)41(57)49-38-17-27(32(45)18-30(38)43(59)60)11-12-65-40-20-39(31(44(61)62)19-33(40)46)50-42(58)37-10-8-35(52-54-37)29-22-48-56(24-29)26-64-14-16-67(4,5)6/h7-10,17-24H,11-16,25-26H2,1-6H3,(H,49,57)(H,50,58)(H,59,60)(H,61,62). The van der Waals surface area contributed by atoms with E-state index in [4.69, 9.17) is 14.2 Å². The van der Waals surface area contributed by atoms with Gasteiger partial charge in [-0.2, -0.15) is 10.2 Å². The van der Waals surface area contributed by atoms with Crippen LogP contribution in [0.25, 0.3) is 22.5 Å². The summed E-state index contributed by atoms with van der Waals surface area (Å²) in [5, 5.41) is 49.2. The average Bonchev–Trinajstić information content (AvgIpc) is 3.95. The van der Waals surface area contributed by atoms with Gasteiger partial charge in [0.25, 0.3) is 11.8 Å². The van der Waals surface area contributed by atoms with Crippen LogP contribution in [0, 0.1) is 11.6 Å². The summed E-state index contributed by atoms with van der Waals surface area (Å²) >= 11 is 0. The number of carbonyl (C=O) groups excluding carboxylic acids is 2. The molecule has 2 amide bonds. The van der Waals surface area contributed by atoms with Crippen molar-refractivity contribution in [2.24, 2.45) is 0 Å². The number of rotatable bonds is 22. The van der Waals surface area contributed by atoms with Crippen LogP contribution >= 0.6 is 0 Å². The Labute approximate surface area is 385 Å². The number of hydrogen-bond donors (Lipinski definition) is 4. The number of carboxylic acids is 2. The zero-order valence-electron chi connectivity index (χ0n) is 37.7. The summed E-state index contributed by atoms with van der Waals surface area (Å²) in [7, 11) is -2.49. The summed E-state index contributed by atoms with van der Waals surface area (Å²) in [4.78, 5) is 50.5. The van der Waals surface area contributed by atoms with Crippen molar-refractivity contribution < 1.29 is 52.4 Å². The minimum absolute atomic E-state index is 0.112. The van der Waals surface area contributed by atoms with Gasteiger partial charge in [-0.25, -0.2) is 27.7 Å². The molecule has 0 saturated carbocycles. The van der Waals surface area contributed by atoms with Crippen LogP contribution in [0.5, 0.6) is 5.75 Å². The van der Waals surface area contributed by atoms with E-state index in [0.717, 1.165) is 30.3 Å². The lowest BCUT2D eigenvalue weighted by atomic mass is 10.1. The maximum atomic E-state index is 15.2. The Kier molecular flexibility index (Phi) is 15.8. The van der Waals surface area contributed by atoms with Crippen molar-refractivity contribution in [2.45, 2.75) is 71.3 Å². The lowest BCUT2D eigenvalue weighted by Gasteiger charge is -2.15. The van der Waals surface area contributed by atoms with Gasteiger partial charge in [-0.15, -0.1) is 20.4 Å². The van der Waals surface area contributed by atoms with E-state index in [1.54, 1.807) is 34.2 Å². The molecule has 0 atom stereocenters. The molecule has 4 N–H and O–H groups in total. The molecule has 0 saturated heterocycles. The molecular formula is C44H50F2N10O9Si2. The molecule has 67 heavy (non-hydrogen) atoms. The maximum absolute atomic E-state index is 15.2. The second-order valence-electron chi connectivity index (χ2n) is 17.8. The number of aromatic carboxylic acids is 2. The highest BCUT2D eigenvalue weighted by Crippen LogP contribution is 2.29. The molecule has 4 heterocycles. The number of aromatic nitrogens is 8. The van der Waals surface area contributed by atoms with Crippen molar-refractivity contribution in [1.29, 1.82) is 0 Å². The van der Waals surface area contributed by atoms with Crippen LogP contribution in [0.15, 0.2) is 73.3 Å². The first-order chi connectivity index (χ1) is 31.7. The van der Waals surface area contributed by atoms with Crippen LogP contribution in [-0.4, -0.2) is 110 Å². The molecule has 4 aromatic heterocycles. The molecule has 2 aromatic carbocycles. The van der Waals surface area contributed by atoms with E-state index < -0.39 is 75.0 Å². The molecule has 0 unspecified atom stereocenters. The monoisotopic (exact) mass is 956 g/mol. The number of anilines is 2. The van der Waals surface area contributed by atoms with Crippen molar-refractivity contribution in [3.63, 3.8) is 0 Å². The highest BCUT2D eigenvalue weighted by Gasteiger charge is 2.22. The van der Waals surface area contributed by atoms with Gasteiger partial charge in [-0.05, 0) is 60.1 Å². The summed E-state index contributed by atoms with van der Waals surface area (Å²) < 4.78 is 50.7. The Morgan fingerprint density at radius 2 is 1.09 bits per heavy atom. The predicted molar refractivity (Wildman–Crippen MR) is 247 cm³/mol. The molecule has 352 valence electrons.